The van der Waals surface area contributed by atoms with Gasteiger partial charge in [0, 0.05) is 18.0 Å². The normalized spacial score (nSPS) is 10.0. The van der Waals surface area contributed by atoms with Crippen LogP contribution in [0.3, 0.4) is 0 Å². The van der Waals surface area contributed by atoms with Crippen molar-refractivity contribution >= 4 is 0 Å². The third-order valence-corrected chi connectivity index (χ3v) is 1.69. The predicted molar refractivity (Wildman–Crippen MR) is 44.3 cm³/mol. The van der Waals surface area contributed by atoms with Crippen LogP contribution in [0, 0.1) is 0 Å². The number of rotatable bonds is 2. The van der Waals surface area contributed by atoms with Crippen LogP contribution in [0.4, 0.5) is 0 Å². The van der Waals surface area contributed by atoms with E-state index < -0.39 is 0 Å². The topological polar surface area (TPSA) is 32.6 Å². The van der Waals surface area contributed by atoms with Gasteiger partial charge in [-0.3, -0.25) is 9.97 Å². The molecule has 3 heteroatoms. The Kier molecular flexibility index (Phi) is 1.86. The number of nitrogens with zero attached hydrogens (tertiary/aromatic N) is 2. The number of hydrogen-bond donors (Lipinski definition) is 1. The first kappa shape index (κ1) is 7.03. The monoisotopic (exact) mass is 160 g/mol. The van der Waals surface area contributed by atoms with Crippen molar-refractivity contribution in [3.05, 3.63) is 48.8 Å². The molecule has 12 heavy (non-hydrogen) atoms. The Morgan fingerprint density at radius 2 is 2.50 bits per heavy atom. The van der Waals surface area contributed by atoms with E-state index in [4.69, 9.17) is 0 Å². The van der Waals surface area contributed by atoms with Crippen molar-refractivity contribution in [1.82, 2.24) is 9.97 Å². The smallest absolute Gasteiger partial charge is 0.241 e. The Balaban J connectivity index is 2.15. The summed E-state index contributed by atoms with van der Waals surface area (Å²) in [6, 6.07) is 4.01. The zero-order valence-corrected chi connectivity index (χ0v) is 6.64. The molecule has 0 bridgehead atoms. The first-order valence-corrected chi connectivity index (χ1v) is 3.86. The second kappa shape index (κ2) is 3.17. The van der Waals surface area contributed by atoms with E-state index >= 15 is 0 Å². The van der Waals surface area contributed by atoms with Crippen LogP contribution in [0.2, 0.25) is 0 Å². The number of pyridine rings is 1. The highest BCUT2D eigenvalue weighted by atomic mass is 15.0. The summed E-state index contributed by atoms with van der Waals surface area (Å²) in [7, 11) is 0. The molecular weight excluding hydrogens is 150 g/mol. The summed E-state index contributed by atoms with van der Waals surface area (Å²) < 4.78 is 2.07. The van der Waals surface area contributed by atoms with E-state index in [9.17, 15) is 0 Å². The first-order valence-electron chi connectivity index (χ1n) is 3.86. The third-order valence-electron chi connectivity index (χ3n) is 1.69. The average molecular weight is 160 g/mol. The van der Waals surface area contributed by atoms with Gasteiger partial charge >= 0.3 is 0 Å². The summed E-state index contributed by atoms with van der Waals surface area (Å²) in [6.07, 6.45) is 9.47. The number of aromatic amines is 1. The highest BCUT2D eigenvalue weighted by Crippen LogP contribution is 1.93. The minimum absolute atomic E-state index is 0.872. The van der Waals surface area contributed by atoms with Crippen molar-refractivity contribution in [2.45, 2.75) is 6.54 Å². The maximum Gasteiger partial charge on any atom is 0.241 e. The van der Waals surface area contributed by atoms with Gasteiger partial charge in [-0.2, -0.15) is 0 Å². The number of hydrogen-bond acceptors (Lipinski definition) is 1. The summed E-state index contributed by atoms with van der Waals surface area (Å²) in [5.41, 5.74) is 1.21. The van der Waals surface area contributed by atoms with Crippen molar-refractivity contribution in [3.8, 4) is 0 Å². The molecule has 2 aromatic heterocycles. The summed E-state index contributed by atoms with van der Waals surface area (Å²) in [5.74, 6) is 0. The third kappa shape index (κ3) is 1.50. The molecule has 0 atom stereocenters. The second-order valence-corrected chi connectivity index (χ2v) is 2.65. The highest BCUT2D eigenvalue weighted by Gasteiger charge is 1.97. The van der Waals surface area contributed by atoms with Crippen LogP contribution in [0.1, 0.15) is 5.56 Å². The number of imidazole rings is 1. The highest BCUT2D eigenvalue weighted by molar-refractivity contribution is 5.06. The molecule has 2 heterocycles. The molecule has 0 aliphatic carbocycles. The van der Waals surface area contributed by atoms with Crippen LogP contribution in [-0.2, 0) is 6.54 Å². The Hall–Kier alpha value is -1.64. The van der Waals surface area contributed by atoms with Gasteiger partial charge in [-0.15, -0.1) is 0 Å². The summed E-state index contributed by atoms with van der Waals surface area (Å²) in [4.78, 5) is 7.03. The summed E-state index contributed by atoms with van der Waals surface area (Å²) in [5, 5.41) is 0. The van der Waals surface area contributed by atoms with Gasteiger partial charge in [0.15, 0.2) is 0 Å². The van der Waals surface area contributed by atoms with Gasteiger partial charge in [0.2, 0.25) is 6.33 Å². The van der Waals surface area contributed by atoms with Gasteiger partial charge in [0.05, 0.1) is 0 Å². The maximum atomic E-state index is 4.04. The Labute approximate surface area is 70.7 Å². The Morgan fingerprint density at radius 3 is 3.17 bits per heavy atom. The second-order valence-electron chi connectivity index (χ2n) is 2.65. The molecule has 0 saturated heterocycles. The fourth-order valence-corrected chi connectivity index (χ4v) is 1.12. The van der Waals surface area contributed by atoms with Crippen molar-refractivity contribution < 1.29 is 4.57 Å². The maximum absolute atomic E-state index is 4.04. The number of H-pyrrole nitrogens is 1. The van der Waals surface area contributed by atoms with Crippen molar-refractivity contribution in [3.63, 3.8) is 0 Å². The molecule has 0 aromatic carbocycles. The van der Waals surface area contributed by atoms with E-state index in [0.717, 1.165) is 6.54 Å². The lowest BCUT2D eigenvalue weighted by atomic mass is 10.3. The van der Waals surface area contributed by atoms with Crippen molar-refractivity contribution in [2.24, 2.45) is 0 Å². The van der Waals surface area contributed by atoms with Crippen molar-refractivity contribution in [1.29, 1.82) is 0 Å². The molecule has 0 saturated carbocycles. The van der Waals surface area contributed by atoms with Crippen LogP contribution < -0.4 is 4.57 Å². The van der Waals surface area contributed by atoms with E-state index in [1.54, 1.807) is 6.20 Å². The molecule has 1 N–H and O–H groups in total. The predicted octanol–water partition coefficient (Wildman–Crippen LogP) is 0.746. The lowest BCUT2D eigenvalue weighted by Crippen LogP contribution is -2.30. The van der Waals surface area contributed by atoms with Gasteiger partial charge < -0.3 is 0 Å². The van der Waals surface area contributed by atoms with Crippen LogP contribution in [0.15, 0.2) is 43.2 Å². The molecular formula is C9H10N3+. The minimum Gasteiger partial charge on any atom is -0.264 e. The fraction of sp³-hybridized carbons (Fsp3) is 0.111. The molecule has 2 aromatic rings. The molecule has 60 valence electrons. The Bertz CT molecular complexity index is 326. The van der Waals surface area contributed by atoms with Crippen LogP contribution in [0.5, 0.6) is 0 Å². The molecule has 0 aliphatic rings. The molecule has 0 unspecified atom stereocenters. The molecule has 0 amide bonds. The quantitative estimate of drug-likeness (QED) is 0.646. The van der Waals surface area contributed by atoms with E-state index in [1.807, 2.05) is 31.0 Å². The van der Waals surface area contributed by atoms with Crippen LogP contribution in [0.25, 0.3) is 0 Å². The van der Waals surface area contributed by atoms with Gasteiger partial charge in [-0.05, 0) is 6.07 Å². The zero-order valence-electron chi connectivity index (χ0n) is 6.64. The summed E-state index contributed by atoms with van der Waals surface area (Å²) >= 11 is 0. The van der Waals surface area contributed by atoms with Crippen molar-refractivity contribution in [2.75, 3.05) is 0 Å². The lowest BCUT2D eigenvalue weighted by Gasteiger charge is -1.94. The fourth-order valence-electron chi connectivity index (χ4n) is 1.12. The zero-order chi connectivity index (χ0) is 8.23. The van der Waals surface area contributed by atoms with Crippen LogP contribution >= 0.6 is 0 Å². The van der Waals surface area contributed by atoms with E-state index in [-0.39, 0.29) is 0 Å². The molecule has 2 rings (SSSR count). The average Bonchev–Trinajstić information content (AvgIpc) is 2.59. The molecule has 0 radical (unpaired) electrons. The van der Waals surface area contributed by atoms with Gasteiger partial charge in [0.25, 0.3) is 0 Å². The van der Waals surface area contributed by atoms with E-state index in [0.29, 0.717) is 0 Å². The lowest BCUT2D eigenvalue weighted by molar-refractivity contribution is -0.687. The molecule has 3 nitrogen and oxygen atoms in total. The largest absolute Gasteiger partial charge is 0.264 e. The van der Waals surface area contributed by atoms with E-state index in [2.05, 4.69) is 20.6 Å². The number of aromatic nitrogens is 3. The standard InChI is InChI=1S/C9H9N3/c1-2-9(6-10-3-1)7-12-5-4-11-8-12/h1-6,8H,7H2/p+1. The minimum atomic E-state index is 0.872. The Morgan fingerprint density at radius 1 is 1.50 bits per heavy atom. The van der Waals surface area contributed by atoms with E-state index in [1.165, 1.54) is 5.56 Å². The molecule has 0 fully saturated rings. The summed E-state index contributed by atoms with van der Waals surface area (Å²) in [6.45, 7) is 0.872. The molecule has 0 spiro atoms. The first-order chi connectivity index (χ1) is 5.95. The van der Waals surface area contributed by atoms with Crippen LogP contribution in [-0.4, -0.2) is 9.97 Å². The van der Waals surface area contributed by atoms with Gasteiger partial charge in [-0.1, -0.05) is 6.07 Å². The molecule has 0 aliphatic heterocycles. The SMILES string of the molecule is c1cncc(C[n+]2cc[nH]c2)c1. The van der Waals surface area contributed by atoms with Gasteiger partial charge in [0.1, 0.15) is 18.9 Å². The number of nitrogens with one attached hydrogen (secondary N) is 1. The van der Waals surface area contributed by atoms with Gasteiger partial charge in [-0.25, -0.2) is 4.57 Å².